The number of ether oxygens (including phenoxy) is 1. The summed E-state index contributed by atoms with van der Waals surface area (Å²) in [7, 11) is 0. The van der Waals surface area contributed by atoms with Crippen molar-refractivity contribution in [3.63, 3.8) is 0 Å². The molecule has 6 nitrogen and oxygen atoms in total. The molecule has 0 unspecified atom stereocenters. The third-order valence-electron chi connectivity index (χ3n) is 1.95. The van der Waals surface area contributed by atoms with Gasteiger partial charge in [0, 0.05) is 6.07 Å². The number of carboxylic acids is 1. The summed E-state index contributed by atoms with van der Waals surface area (Å²) >= 11 is 0.972. The minimum Gasteiger partial charge on any atom is -0.508 e. The predicted octanol–water partition coefficient (Wildman–Crippen LogP) is 1.52. The summed E-state index contributed by atoms with van der Waals surface area (Å²) in [6, 6.07) is 6.25. The van der Waals surface area contributed by atoms with Gasteiger partial charge in [-0.2, -0.15) is 0 Å². The van der Waals surface area contributed by atoms with Crippen molar-refractivity contribution in [3.8, 4) is 11.5 Å². The minimum absolute atomic E-state index is 0.0583. The molecule has 0 saturated carbocycles. The molecule has 2 rings (SSSR count). The Labute approximate surface area is 100 Å². The molecule has 0 spiro atoms. The lowest BCUT2D eigenvalue weighted by Crippen LogP contribution is -2.03. The minimum atomic E-state index is -1.13. The van der Waals surface area contributed by atoms with Crippen LogP contribution < -0.4 is 4.74 Å². The zero-order valence-corrected chi connectivity index (χ0v) is 9.35. The van der Waals surface area contributed by atoms with Gasteiger partial charge in [0.1, 0.15) is 18.1 Å². The molecule has 17 heavy (non-hydrogen) atoms. The summed E-state index contributed by atoms with van der Waals surface area (Å²) in [5.74, 6) is -0.591. The van der Waals surface area contributed by atoms with Crippen molar-refractivity contribution in [2.75, 3.05) is 0 Å². The third kappa shape index (κ3) is 2.70. The van der Waals surface area contributed by atoms with Crippen molar-refractivity contribution in [3.05, 3.63) is 34.8 Å². The van der Waals surface area contributed by atoms with Crippen molar-refractivity contribution in [1.82, 2.24) is 9.59 Å². The maximum atomic E-state index is 10.8. The van der Waals surface area contributed by atoms with Gasteiger partial charge < -0.3 is 14.9 Å². The summed E-state index contributed by atoms with van der Waals surface area (Å²) in [4.78, 5) is 11.2. The maximum absolute atomic E-state index is 10.8. The summed E-state index contributed by atoms with van der Waals surface area (Å²) in [6.07, 6.45) is 0. The highest BCUT2D eigenvalue weighted by Gasteiger charge is 2.15. The smallest absolute Gasteiger partial charge is 0.357 e. The van der Waals surface area contributed by atoms with E-state index in [-0.39, 0.29) is 18.1 Å². The molecule has 7 heteroatoms. The van der Waals surface area contributed by atoms with Gasteiger partial charge in [0.25, 0.3) is 0 Å². The average Bonchev–Trinajstić information content (AvgIpc) is 2.74. The second-order valence-corrected chi connectivity index (χ2v) is 3.97. The molecule has 1 aromatic heterocycles. The molecule has 2 N–H and O–H groups in total. The van der Waals surface area contributed by atoms with Gasteiger partial charge in [0.15, 0.2) is 5.69 Å². The number of carbonyl (C=O) groups is 1. The zero-order valence-electron chi connectivity index (χ0n) is 8.53. The number of aromatic nitrogens is 2. The standard InChI is InChI=1S/C10H8N2O4S/c13-6-2-1-3-7(4-6)16-5-8-9(10(14)15)11-12-17-8/h1-4,13H,5H2,(H,14,15). The van der Waals surface area contributed by atoms with E-state index in [1.807, 2.05) is 0 Å². The topological polar surface area (TPSA) is 92.5 Å². The van der Waals surface area contributed by atoms with Crippen LogP contribution in [-0.2, 0) is 6.61 Å². The molecule has 0 aliphatic heterocycles. The molecule has 0 radical (unpaired) electrons. The van der Waals surface area contributed by atoms with Gasteiger partial charge in [-0.15, -0.1) is 5.10 Å². The number of phenols is 1. The van der Waals surface area contributed by atoms with Gasteiger partial charge in [0.05, 0.1) is 4.88 Å². The number of aromatic hydroxyl groups is 1. The van der Waals surface area contributed by atoms with Crippen LogP contribution in [0, 0.1) is 0 Å². The van der Waals surface area contributed by atoms with E-state index in [1.165, 1.54) is 12.1 Å². The van der Waals surface area contributed by atoms with Gasteiger partial charge in [-0.1, -0.05) is 10.6 Å². The van der Waals surface area contributed by atoms with Crippen LogP contribution in [0.4, 0.5) is 0 Å². The molecule has 2 aromatic rings. The number of benzene rings is 1. The number of phenolic OH excluding ortho intramolecular Hbond substituents is 1. The maximum Gasteiger partial charge on any atom is 0.357 e. The molecule has 0 bridgehead atoms. The van der Waals surface area contributed by atoms with Crippen LogP contribution in [0.25, 0.3) is 0 Å². The van der Waals surface area contributed by atoms with E-state index in [0.29, 0.717) is 10.6 Å². The first-order valence-corrected chi connectivity index (χ1v) is 5.40. The second kappa shape index (κ2) is 4.79. The molecule has 0 amide bonds. The summed E-state index contributed by atoms with van der Waals surface area (Å²) in [5, 5.41) is 21.5. The SMILES string of the molecule is O=C(O)c1nnsc1COc1cccc(O)c1. The molecule has 1 heterocycles. The first-order valence-electron chi connectivity index (χ1n) is 4.63. The molecule has 88 valence electrons. The van der Waals surface area contributed by atoms with Crippen LogP contribution in [-0.4, -0.2) is 25.8 Å². The quantitative estimate of drug-likeness (QED) is 0.857. The van der Waals surface area contributed by atoms with Gasteiger partial charge in [-0.25, -0.2) is 4.79 Å². The summed E-state index contributed by atoms with van der Waals surface area (Å²) < 4.78 is 8.88. The van der Waals surface area contributed by atoms with E-state index in [4.69, 9.17) is 9.84 Å². The van der Waals surface area contributed by atoms with Crippen molar-refractivity contribution >= 4 is 17.5 Å². The van der Waals surface area contributed by atoms with Crippen molar-refractivity contribution in [2.24, 2.45) is 0 Å². The lowest BCUT2D eigenvalue weighted by molar-refractivity contribution is 0.0687. The van der Waals surface area contributed by atoms with Crippen LogP contribution in [0.3, 0.4) is 0 Å². The van der Waals surface area contributed by atoms with Gasteiger partial charge in [-0.05, 0) is 23.7 Å². The van der Waals surface area contributed by atoms with Crippen LogP contribution in [0.2, 0.25) is 0 Å². The molecule has 0 aliphatic carbocycles. The van der Waals surface area contributed by atoms with Gasteiger partial charge >= 0.3 is 5.97 Å². The lowest BCUT2D eigenvalue weighted by Gasteiger charge is -2.04. The van der Waals surface area contributed by atoms with E-state index >= 15 is 0 Å². The van der Waals surface area contributed by atoms with E-state index < -0.39 is 5.97 Å². The third-order valence-corrected chi connectivity index (χ3v) is 2.64. The number of hydrogen-bond donors (Lipinski definition) is 2. The summed E-state index contributed by atoms with van der Waals surface area (Å²) in [6.45, 7) is 0.0583. The first kappa shape index (κ1) is 11.3. The molecule has 1 aromatic carbocycles. The Morgan fingerprint density at radius 1 is 1.47 bits per heavy atom. The number of hydrogen-bond acceptors (Lipinski definition) is 6. The normalized spacial score (nSPS) is 10.1. The Hall–Kier alpha value is -2.15. The number of nitrogens with zero attached hydrogens (tertiary/aromatic N) is 2. The Balaban J connectivity index is 2.07. The van der Waals surface area contributed by atoms with Crippen LogP contribution in [0.5, 0.6) is 11.5 Å². The Morgan fingerprint density at radius 2 is 2.29 bits per heavy atom. The fraction of sp³-hybridized carbons (Fsp3) is 0.100. The molecular formula is C10H8N2O4S. The fourth-order valence-electron chi connectivity index (χ4n) is 1.19. The van der Waals surface area contributed by atoms with Crippen LogP contribution in [0.1, 0.15) is 15.4 Å². The van der Waals surface area contributed by atoms with E-state index in [2.05, 4.69) is 9.59 Å². The Kier molecular flexibility index (Phi) is 3.20. The number of rotatable bonds is 4. The van der Waals surface area contributed by atoms with E-state index in [0.717, 1.165) is 11.5 Å². The zero-order chi connectivity index (χ0) is 12.3. The van der Waals surface area contributed by atoms with Crippen molar-refractivity contribution in [2.45, 2.75) is 6.61 Å². The Morgan fingerprint density at radius 3 is 3.00 bits per heavy atom. The number of carboxylic acid groups (broad SMARTS) is 1. The van der Waals surface area contributed by atoms with E-state index in [9.17, 15) is 9.90 Å². The van der Waals surface area contributed by atoms with Crippen molar-refractivity contribution < 1.29 is 19.7 Å². The highest BCUT2D eigenvalue weighted by molar-refractivity contribution is 7.05. The second-order valence-electron chi connectivity index (χ2n) is 3.14. The molecule has 0 saturated heterocycles. The highest BCUT2D eigenvalue weighted by Crippen LogP contribution is 2.20. The first-order chi connectivity index (χ1) is 8.16. The monoisotopic (exact) mass is 252 g/mol. The largest absolute Gasteiger partial charge is 0.508 e. The van der Waals surface area contributed by atoms with Crippen molar-refractivity contribution in [1.29, 1.82) is 0 Å². The van der Waals surface area contributed by atoms with E-state index in [1.54, 1.807) is 12.1 Å². The molecular weight excluding hydrogens is 244 g/mol. The predicted molar refractivity (Wildman–Crippen MR) is 59.3 cm³/mol. The molecule has 0 fully saturated rings. The molecule has 0 atom stereocenters. The molecule has 0 aliphatic rings. The van der Waals surface area contributed by atoms with Crippen LogP contribution in [0.15, 0.2) is 24.3 Å². The average molecular weight is 252 g/mol. The van der Waals surface area contributed by atoms with Gasteiger partial charge in [0.2, 0.25) is 0 Å². The summed E-state index contributed by atoms with van der Waals surface area (Å²) in [5.41, 5.74) is -0.102. The van der Waals surface area contributed by atoms with Crippen LogP contribution >= 0.6 is 11.5 Å². The fourth-order valence-corrected chi connectivity index (χ4v) is 1.74. The van der Waals surface area contributed by atoms with Gasteiger partial charge in [-0.3, -0.25) is 0 Å². The highest BCUT2D eigenvalue weighted by atomic mass is 32.1. The lowest BCUT2D eigenvalue weighted by atomic mass is 10.3. The number of aromatic carboxylic acids is 1. The Bertz CT molecular complexity index is 541.